The Morgan fingerprint density at radius 1 is 0.667 bits per heavy atom. The van der Waals surface area contributed by atoms with Gasteiger partial charge in [0.1, 0.15) is 0 Å². The fourth-order valence-electron chi connectivity index (χ4n) is 2.13. The smallest absolute Gasteiger partial charge is 0.0237 e. The molecule has 0 saturated carbocycles. The molecular formula is C16H12ClP. The number of hydrogen-bond donors (Lipinski definition) is 0. The summed E-state index contributed by atoms with van der Waals surface area (Å²) in [6, 6.07) is 23.0. The van der Waals surface area contributed by atoms with Gasteiger partial charge in [-0.1, -0.05) is 71.9 Å². The second-order valence-electron chi connectivity index (χ2n) is 4.12. The Bertz CT molecular complexity index is 641. The average Bonchev–Trinajstić information content (AvgIpc) is 2.83. The Morgan fingerprint density at radius 3 is 1.83 bits per heavy atom. The standard InChI is InChI=1S/C16H12ClP/c17-18-12-11-15(13-7-3-1-4-8-13)16(18)14-9-5-2-6-10-14/h1-12H. The highest BCUT2D eigenvalue weighted by Crippen LogP contribution is 2.51. The summed E-state index contributed by atoms with van der Waals surface area (Å²) in [5.41, 5.74) is 3.71. The zero-order valence-corrected chi connectivity index (χ0v) is 11.4. The summed E-state index contributed by atoms with van der Waals surface area (Å²) in [4.78, 5) is 0. The van der Waals surface area contributed by atoms with Gasteiger partial charge in [0.2, 0.25) is 0 Å². The van der Waals surface area contributed by atoms with Gasteiger partial charge in [0.05, 0.1) is 0 Å². The number of hydrogen-bond acceptors (Lipinski definition) is 0. The van der Waals surface area contributed by atoms with Crippen LogP contribution in [-0.2, 0) is 0 Å². The first-order chi connectivity index (χ1) is 8.86. The molecule has 0 saturated heterocycles. The van der Waals surface area contributed by atoms with Gasteiger partial charge in [-0.3, -0.25) is 0 Å². The van der Waals surface area contributed by atoms with Crippen molar-refractivity contribution in [2.24, 2.45) is 0 Å². The van der Waals surface area contributed by atoms with E-state index in [2.05, 4.69) is 60.4 Å². The zero-order valence-electron chi connectivity index (χ0n) is 9.75. The van der Waals surface area contributed by atoms with Crippen LogP contribution >= 0.6 is 18.1 Å². The number of rotatable bonds is 2. The van der Waals surface area contributed by atoms with Crippen LogP contribution in [0.25, 0.3) is 22.0 Å². The fourth-order valence-corrected chi connectivity index (χ4v) is 4.13. The largest absolute Gasteiger partial charge is 0.0622 e. The Kier molecular flexibility index (Phi) is 3.23. The third-order valence-corrected chi connectivity index (χ3v) is 5.16. The summed E-state index contributed by atoms with van der Waals surface area (Å²) in [6.45, 7) is -0.696. The normalized spacial score (nSPS) is 11.5. The second-order valence-corrected chi connectivity index (χ2v) is 6.58. The SMILES string of the molecule is Clp1ccc(-c2ccccc2)c1-c1ccccc1. The van der Waals surface area contributed by atoms with Crippen molar-refractivity contribution in [2.75, 3.05) is 0 Å². The summed E-state index contributed by atoms with van der Waals surface area (Å²) in [7, 11) is 0. The van der Waals surface area contributed by atoms with Crippen molar-refractivity contribution in [2.45, 2.75) is 0 Å². The second kappa shape index (κ2) is 5.02. The van der Waals surface area contributed by atoms with Gasteiger partial charge >= 0.3 is 0 Å². The monoisotopic (exact) mass is 270 g/mol. The molecule has 3 rings (SSSR count). The van der Waals surface area contributed by atoms with Crippen molar-refractivity contribution in [3.63, 3.8) is 0 Å². The van der Waals surface area contributed by atoms with Gasteiger partial charge in [-0.25, -0.2) is 0 Å². The molecule has 18 heavy (non-hydrogen) atoms. The van der Waals surface area contributed by atoms with E-state index in [1.54, 1.807) is 0 Å². The van der Waals surface area contributed by atoms with Crippen molar-refractivity contribution in [3.05, 3.63) is 72.5 Å². The Balaban J connectivity index is 2.19. The molecule has 1 aromatic heterocycles. The maximum absolute atomic E-state index is 6.48. The van der Waals surface area contributed by atoms with E-state index in [9.17, 15) is 0 Å². The Labute approximate surface area is 113 Å². The van der Waals surface area contributed by atoms with Crippen molar-refractivity contribution >= 4 is 18.1 Å². The van der Waals surface area contributed by atoms with E-state index in [1.165, 1.54) is 22.0 Å². The molecule has 2 heteroatoms. The van der Waals surface area contributed by atoms with Crippen LogP contribution in [0.3, 0.4) is 0 Å². The van der Waals surface area contributed by atoms with Crippen LogP contribution in [0.15, 0.2) is 72.5 Å². The number of halogens is 1. The van der Waals surface area contributed by atoms with Crippen LogP contribution in [0.2, 0.25) is 0 Å². The molecule has 0 N–H and O–H groups in total. The lowest BCUT2D eigenvalue weighted by atomic mass is 10.0. The molecule has 1 heterocycles. The first kappa shape index (κ1) is 11.6. The Morgan fingerprint density at radius 2 is 1.22 bits per heavy atom. The molecule has 3 aromatic rings. The summed E-state index contributed by atoms with van der Waals surface area (Å²) in [6.07, 6.45) is 0. The summed E-state index contributed by atoms with van der Waals surface area (Å²) >= 11 is 6.48. The van der Waals surface area contributed by atoms with Gasteiger partial charge in [-0.2, -0.15) is 0 Å². The van der Waals surface area contributed by atoms with E-state index < -0.39 is 6.89 Å². The van der Waals surface area contributed by atoms with Crippen LogP contribution in [0.5, 0.6) is 0 Å². The fraction of sp³-hybridized carbons (Fsp3) is 0. The molecule has 0 aliphatic heterocycles. The lowest BCUT2D eigenvalue weighted by molar-refractivity contribution is 1.65. The van der Waals surface area contributed by atoms with E-state index >= 15 is 0 Å². The molecule has 2 aromatic carbocycles. The first-order valence-electron chi connectivity index (χ1n) is 5.84. The molecule has 0 aliphatic rings. The lowest BCUT2D eigenvalue weighted by Crippen LogP contribution is -1.78. The molecule has 0 amide bonds. The Hall–Kier alpha value is -1.49. The predicted octanol–water partition coefficient (Wildman–Crippen LogP) is 6.01. The molecule has 88 valence electrons. The van der Waals surface area contributed by atoms with Gasteiger partial charge in [-0.05, 0) is 35.4 Å². The van der Waals surface area contributed by atoms with Gasteiger partial charge in [-0.15, -0.1) is 0 Å². The van der Waals surface area contributed by atoms with Gasteiger partial charge in [0, 0.05) is 5.30 Å². The van der Waals surface area contributed by atoms with E-state index in [4.69, 9.17) is 11.2 Å². The third-order valence-electron chi connectivity index (χ3n) is 2.97. The molecule has 0 aliphatic carbocycles. The summed E-state index contributed by atoms with van der Waals surface area (Å²) in [5.74, 6) is 2.11. The van der Waals surface area contributed by atoms with Crippen LogP contribution < -0.4 is 0 Å². The molecule has 1 atom stereocenters. The molecular weight excluding hydrogens is 259 g/mol. The van der Waals surface area contributed by atoms with Crippen LogP contribution in [0.4, 0.5) is 0 Å². The van der Waals surface area contributed by atoms with Crippen LogP contribution in [0.1, 0.15) is 0 Å². The van der Waals surface area contributed by atoms with Crippen molar-refractivity contribution in [3.8, 4) is 22.0 Å². The summed E-state index contributed by atoms with van der Waals surface area (Å²) < 4.78 is 0. The first-order valence-corrected chi connectivity index (χ1v) is 8.16. The highest BCUT2D eigenvalue weighted by atomic mass is 35.7. The molecule has 1 unspecified atom stereocenters. The van der Waals surface area contributed by atoms with E-state index in [-0.39, 0.29) is 0 Å². The molecule has 0 spiro atoms. The maximum Gasteiger partial charge on any atom is 0.0237 e. The highest BCUT2D eigenvalue weighted by molar-refractivity contribution is 7.79. The number of benzene rings is 2. The van der Waals surface area contributed by atoms with Gasteiger partial charge < -0.3 is 0 Å². The topological polar surface area (TPSA) is 0 Å². The quantitative estimate of drug-likeness (QED) is 0.535. The van der Waals surface area contributed by atoms with Crippen molar-refractivity contribution in [1.29, 1.82) is 0 Å². The van der Waals surface area contributed by atoms with Crippen LogP contribution in [-0.4, -0.2) is 0 Å². The zero-order chi connectivity index (χ0) is 12.4. The maximum atomic E-state index is 6.48. The van der Waals surface area contributed by atoms with E-state index in [0.717, 1.165) is 0 Å². The highest BCUT2D eigenvalue weighted by Gasteiger charge is 2.11. The molecule has 0 fully saturated rings. The van der Waals surface area contributed by atoms with E-state index in [0.29, 0.717) is 0 Å². The molecule has 0 radical (unpaired) electrons. The van der Waals surface area contributed by atoms with Crippen molar-refractivity contribution < 1.29 is 0 Å². The minimum absolute atomic E-state index is 0.696. The third kappa shape index (κ3) is 2.10. The van der Waals surface area contributed by atoms with E-state index in [1.807, 2.05) is 12.1 Å². The molecule has 0 bridgehead atoms. The van der Waals surface area contributed by atoms with Crippen LogP contribution in [0, 0.1) is 0 Å². The average molecular weight is 271 g/mol. The lowest BCUT2D eigenvalue weighted by Gasteiger charge is -2.06. The minimum Gasteiger partial charge on any atom is -0.0622 e. The van der Waals surface area contributed by atoms with Gasteiger partial charge in [0.25, 0.3) is 0 Å². The molecule has 0 nitrogen and oxygen atoms in total. The van der Waals surface area contributed by atoms with Crippen molar-refractivity contribution in [1.82, 2.24) is 0 Å². The van der Waals surface area contributed by atoms with Gasteiger partial charge in [0.15, 0.2) is 0 Å². The summed E-state index contributed by atoms with van der Waals surface area (Å²) in [5, 5.41) is 1.26. The predicted molar refractivity (Wildman–Crippen MR) is 81.3 cm³/mol. The minimum atomic E-state index is -0.696.